The zero-order valence-electron chi connectivity index (χ0n) is 10.8. The summed E-state index contributed by atoms with van der Waals surface area (Å²) in [6.45, 7) is 1.75. The summed E-state index contributed by atoms with van der Waals surface area (Å²) in [4.78, 5) is 3.97. The van der Waals surface area contributed by atoms with Crippen LogP contribution in [0.4, 0.5) is 0 Å². The topological polar surface area (TPSA) is 82.9 Å². The van der Waals surface area contributed by atoms with Crippen LogP contribution in [0.2, 0.25) is 0 Å². The van der Waals surface area contributed by atoms with Gasteiger partial charge in [-0.05, 0) is 42.8 Å². The summed E-state index contributed by atoms with van der Waals surface area (Å²) in [5.41, 5.74) is 1.13. The highest BCUT2D eigenvalue weighted by atomic mass is 32.2. The lowest BCUT2D eigenvalue weighted by Gasteiger charge is -2.14. The SMILES string of the molecule is C[C@H](NS(=O)(=O)c1cccc(C#N)c1)c1ccncc1. The monoisotopic (exact) mass is 287 g/mol. The number of pyridine rings is 1. The molecule has 5 nitrogen and oxygen atoms in total. The second kappa shape index (κ2) is 5.82. The van der Waals surface area contributed by atoms with Crippen LogP contribution in [-0.2, 0) is 10.0 Å². The maximum absolute atomic E-state index is 12.2. The van der Waals surface area contributed by atoms with E-state index in [0.717, 1.165) is 5.56 Å². The number of aromatic nitrogens is 1. The predicted molar refractivity (Wildman–Crippen MR) is 74.1 cm³/mol. The van der Waals surface area contributed by atoms with Crippen molar-refractivity contribution in [2.45, 2.75) is 17.9 Å². The molecule has 0 aliphatic carbocycles. The number of benzene rings is 1. The lowest BCUT2D eigenvalue weighted by molar-refractivity contribution is 0.567. The van der Waals surface area contributed by atoms with Gasteiger partial charge in [0, 0.05) is 18.4 Å². The molecular weight excluding hydrogens is 274 g/mol. The molecule has 1 N–H and O–H groups in total. The maximum Gasteiger partial charge on any atom is 0.241 e. The number of nitriles is 1. The average Bonchev–Trinajstić information content (AvgIpc) is 2.48. The van der Waals surface area contributed by atoms with Gasteiger partial charge in [0.2, 0.25) is 10.0 Å². The Hall–Kier alpha value is -2.23. The van der Waals surface area contributed by atoms with E-state index in [0.29, 0.717) is 5.56 Å². The van der Waals surface area contributed by atoms with Crippen molar-refractivity contribution in [3.8, 4) is 6.07 Å². The third-order valence-electron chi connectivity index (χ3n) is 2.81. The summed E-state index contributed by atoms with van der Waals surface area (Å²) in [6, 6.07) is 11.0. The third kappa shape index (κ3) is 3.20. The normalized spacial score (nSPS) is 12.6. The molecular formula is C14H13N3O2S. The fourth-order valence-electron chi connectivity index (χ4n) is 1.75. The molecule has 1 aromatic heterocycles. The van der Waals surface area contributed by atoms with Crippen molar-refractivity contribution >= 4 is 10.0 Å². The van der Waals surface area contributed by atoms with Crippen LogP contribution in [0.5, 0.6) is 0 Å². The predicted octanol–water partition coefficient (Wildman–Crippen LogP) is 1.99. The van der Waals surface area contributed by atoms with E-state index in [1.54, 1.807) is 43.6 Å². The minimum atomic E-state index is -3.66. The van der Waals surface area contributed by atoms with E-state index in [-0.39, 0.29) is 10.9 Å². The first-order chi connectivity index (χ1) is 9.53. The van der Waals surface area contributed by atoms with Gasteiger partial charge in [0.15, 0.2) is 0 Å². The molecule has 0 unspecified atom stereocenters. The van der Waals surface area contributed by atoms with Crippen LogP contribution in [0.3, 0.4) is 0 Å². The Morgan fingerprint density at radius 2 is 1.95 bits per heavy atom. The van der Waals surface area contributed by atoms with Crippen LogP contribution in [0, 0.1) is 11.3 Å². The quantitative estimate of drug-likeness (QED) is 0.932. The van der Waals surface area contributed by atoms with Crippen molar-refractivity contribution < 1.29 is 8.42 Å². The molecule has 0 spiro atoms. The van der Waals surface area contributed by atoms with Crippen LogP contribution in [0.15, 0.2) is 53.7 Å². The maximum atomic E-state index is 12.2. The Bertz CT molecular complexity index is 737. The molecule has 0 saturated heterocycles. The van der Waals surface area contributed by atoms with Gasteiger partial charge in [-0.3, -0.25) is 4.98 Å². The second-order valence-electron chi connectivity index (χ2n) is 4.26. The molecule has 20 heavy (non-hydrogen) atoms. The first-order valence-corrected chi connectivity index (χ1v) is 7.43. The Morgan fingerprint density at radius 3 is 2.60 bits per heavy atom. The summed E-state index contributed by atoms with van der Waals surface area (Å²) in [6.07, 6.45) is 3.22. The number of nitrogens with one attached hydrogen (secondary N) is 1. The van der Waals surface area contributed by atoms with Crippen LogP contribution in [0.1, 0.15) is 24.1 Å². The van der Waals surface area contributed by atoms with Gasteiger partial charge in [0.25, 0.3) is 0 Å². The number of sulfonamides is 1. The molecule has 1 atom stereocenters. The van der Waals surface area contributed by atoms with E-state index >= 15 is 0 Å². The summed E-state index contributed by atoms with van der Waals surface area (Å²) in [5, 5.41) is 8.82. The molecule has 0 amide bonds. The lowest BCUT2D eigenvalue weighted by atomic mass is 10.1. The van der Waals surface area contributed by atoms with E-state index in [1.165, 1.54) is 12.1 Å². The molecule has 2 rings (SSSR count). The van der Waals surface area contributed by atoms with Gasteiger partial charge in [-0.15, -0.1) is 0 Å². The van der Waals surface area contributed by atoms with Crippen molar-refractivity contribution in [2.24, 2.45) is 0 Å². The van der Waals surface area contributed by atoms with Gasteiger partial charge in [-0.1, -0.05) is 6.07 Å². The third-order valence-corrected chi connectivity index (χ3v) is 4.35. The van der Waals surface area contributed by atoms with Gasteiger partial charge < -0.3 is 0 Å². The number of nitrogens with zero attached hydrogens (tertiary/aromatic N) is 2. The molecule has 2 aromatic rings. The first kappa shape index (κ1) is 14.2. The van der Waals surface area contributed by atoms with Gasteiger partial charge in [-0.2, -0.15) is 5.26 Å². The van der Waals surface area contributed by atoms with Crippen molar-refractivity contribution in [1.29, 1.82) is 5.26 Å². The zero-order valence-corrected chi connectivity index (χ0v) is 11.6. The Labute approximate surface area is 118 Å². The Morgan fingerprint density at radius 1 is 1.25 bits per heavy atom. The summed E-state index contributed by atoms with van der Waals surface area (Å²) in [5.74, 6) is 0. The molecule has 0 aliphatic heterocycles. The molecule has 102 valence electrons. The van der Waals surface area contributed by atoms with Gasteiger partial charge in [0.1, 0.15) is 0 Å². The van der Waals surface area contributed by atoms with Crippen LogP contribution >= 0.6 is 0 Å². The number of hydrogen-bond acceptors (Lipinski definition) is 4. The van der Waals surface area contributed by atoms with Crippen LogP contribution < -0.4 is 4.72 Å². The van der Waals surface area contributed by atoms with Gasteiger partial charge in [-0.25, -0.2) is 13.1 Å². The summed E-state index contributed by atoms with van der Waals surface area (Å²) < 4.78 is 27.1. The highest BCUT2D eigenvalue weighted by Gasteiger charge is 2.18. The van der Waals surface area contributed by atoms with E-state index in [1.807, 2.05) is 6.07 Å². The Balaban J connectivity index is 2.25. The smallest absolute Gasteiger partial charge is 0.241 e. The van der Waals surface area contributed by atoms with Crippen molar-refractivity contribution in [2.75, 3.05) is 0 Å². The molecule has 0 bridgehead atoms. The fraction of sp³-hybridized carbons (Fsp3) is 0.143. The molecule has 1 aromatic carbocycles. The van der Waals surface area contributed by atoms with Crippen molar-refractivity contribution in [3.63, 3.8) is 0 Å². The number of hydrogen-bond donors (Lipinski definition) is 1. The van der Waals surface area contributed by atoms with Crippen LogP contribution in [-0.4, -0.2) is 13.4 Å². The first-order valence-electron chi connectivity index (χ1n) is 5.95. The highest BCUT2D eigenvalue weighted by molar-refractivity contribution is 7.89. The van der Waals surface area contributed by atoms with Crippen molar-refractivity contribution in [3.05, 3.63) is 59.9 Å². The number of rotatable bonds is 4. The van der Waals surface area contributed by atoms with Crippen LogP contribution in [0.25, 0.3) is 0 Å². The molecule has 0 radical (unpaired) electrons. The Kier molecular flexibility index (Phi) is 4.13. The van der Waals surface area contributed by atoms with E-state index in [4.69, 9.17) is 5.26 Å². The molecule has 0 saturated carbocycles. The minimum absolute atomic E-state index is 0.0810. The molecule has 6 heteroatoms. The van der Waals surface area contributed by atoms with E-state index in [9.17, 15) is 8.42 Å². The minimum Gasteiger partial charge on any atom is -0.265 e. The zero-order chi connectivity index (χ0) is 14.6. The fourth-order valence-corrected chi connectivity index (χ4v) is 3.03. The lowest BCUT2D eigenvalue weighted by Crippen LogP contribution is -2.26. The molecule has 0 fully saturated rings. The van der Waals surface area contributed by atoms with E-state index < -0.39 is 10.0 Å². The highest BCUT2D eigenvalue weighted by Crippen LogP contribution is 2.17. The summed E-state index contributed by atoms with van der Waals surface area (Å²) in [7, 11) is -3.66. The second-order valence-corrected chi connectivity index (χ2v) is 5.98. The molecule has 0 aliphatic rings. The average molecular weight is 287 g/mol. The van der Waals surface area contributed by atoms with Gasteiger partial charge >= 0.3 is 0 Å². The van der Waals surface area contributed by atoms with Crippen molar-refractivity contribution in [1.82, 2.24) is 9.71 Å². The van der Waals surface area contributed by atoms with E-state index in [2.05, 4.69) is 9.71 Å². The van der Waals surface area contributed by atoms with Gasteiger partial charge in [0.05, 0.1) is 16.5 Å². The standard InChI is InChI=1S/C14H13N3O2S/c1-11(13-5-7-16-8-6-13)17-20(18,19)14-4-2-3-12(9-14)10-15/h2-9,11,17H,1H3/t11-/m0/s1. The summed E-state index contributed by atoms with van der Waals surface area (Å²) >= 11 is 0. The molecule has 1 heterocycles. The largest absolute Gasteiger partial charge is 0.265 e.